The van der Waals surface area contributed by atoms with E-state index in [1.807, 2.05) is 29.8 Å². The predicted octanol–water partition coefficient (Wildman–Crippen LogP) is 3.10. The standard InChI is InChI=1S/C20H16N4O3S2/c1-24-11-21-9-14(24)10-22-18(25)13-4-2-12(3-5-13)16-7-6-15(27-16)8-17-19(26)23-20(28)29-17/h2-9,11H,10H2,1H3,(H,22,25)(H,23,26,28). The smallest absolute Gasteiger partial charge is 0.263 e. The van der Waals surface area contributed by atoms with Crippen molar-refractivity contribution in [3.8, 4) is 11.3 Å². The predicted molar refractivity (Wildman–Crippen MR) is 115 cm³/mol. The maximum atomic E-state index is 12.3. The molecule has 2 amide bonds. The number of imidazole rings is 1. The van der Waals surface area contributed by atoms with Crippen molar-refractivity contribution in [2.24, 2.45) is 7.05 Å². The van der Waals surface area contributed by atoms with Gasteiger partial charge in [0.2, 0.25) is 0 Å². The third-order valence-corrected chi connectivity index (χ3v) is 5.48. The normalized spacial score (nSPS) is 15.0. The van der Waals surface area contributed by atoms with Crippen molar-refractivity contribution in [3.63, 3.8) is 0 Å². The Balaban J connectivity index is 1.43. The highest BCUT2D eigenvalue weighted by Crippen LogP contribution is 2.28. The van der Waals surface area contributed by atoms with Crippen molar-refractivity contribution in [1.29, 1.82) is 0 Å². The number of thiocarbonyl (C=S) groups is 1. The lowest BCUT2D eigenvalue weighted by Gasteiger charge is -2.06. The van der Waals surface area contributed by atoms with Crippen molar-refractivity contribution >= 4 is 46.2 Å². The molecule has 9 heteroatoms. The van der Waals surface area contributed by atoms with Gasteiger partial charge in [-0.1, -0.05) is 36.1 Å². The molecule has 0 bridgehead atoms. The molecular formula is C20H16N4O3S2. The molecule has 0 atom stereocenters. The lowest BCUT2D eigenvalue weighted by Crippen LogP contribution is -2.23. The van der Waals surface area contributed by atoms with Crippen LogP contribution in [-0.2, 0) is 18.4 Å². The molecule has 0 aliphatic carbocycles. The molecule has 0 spiro atoms. The Kier molecular flexibility index (Phi) is 5.32. The number of furan rings is 1. The number of aromatic nitrogens is 2. The van der Waals surface area contributed by atoms with Gasteiger partial charge in [0.25, 0.3) is 11.8 Å². The second kappa shape index (κ2) is 8.06. The topological polar surface area (TPSA) is 89.2 Å². The lowest BCUT2D eigenvalue weighted by atomic mass is 10.1. The largest absolute Gasteiger partial charge is 0.457 e. The summed E-state index contributed by atoms with van der Waals surface area (Å²) in [5.41, 5.74) is 2.30. The third-order valence-electron chi connectivity index (χ3n) is 4.32. The first kappa shape index (κ1) is 19.2. The van der Waals surface area contributed by atoms with Crippen LogP contribution in [0.5, 0.6) is 0 Å². The zero-order valence-corrected chi connectivity index (χ0v) is 17.0. The summed E-state index contributed by atoms with van der Waals surface area (Å²) in [6.45, 7) is 0.405. The Bertz CT molecular complexity index is 1130. The molecule has 0 radical (unpaired) electrons. The minimum Gasteiger partial charge on any atom is -0.457 e. The first-order valence-electron chi connectivity index (χ1n) is 8.68. The van der Waals surface area contributed by atoms with Gasteiger partial charge in [0.05, 0.1) is 23.5 Å². The van der Waals surface area contributed by atoms with Gasteiger partial charge in [0, 0.05) is 30.4 Å². The van der Waals surface area contributed by atoms with E-state index in [0.717, 1.165) is 11.3 Å². The van der Waals surface area contributed by atoms with Crippen LogP contribution < -0.4 is 10.6 Å². The van der Waals surface area contributed by atoms with Crippen LogP contribution in [0, 0.1) is 0 Å². The Morgan fingerprint density at radius 3 is 2.76 bits per heavy atom. The van der Waals surface area contributed by atoms with E-state index in [0.29, 0.717) is 32.9 Å². The SMILES string of the molecule is Cn1cncc1CNC(=O)c1ccc(-c2ccc(C=C3SC(=S)NC3=O)o2)cc1. The molecule has 29 heavy (non-hydrogen) atoms. The van der Waals surface area contributed by atoms with E-state index in [1.165, 1.54) is 11.8 Å². The number of benzene rings is 1. The highest BCUT2D eigenvalue weighted by atomic mass is 32.2. The number of hydrogen-bond donors (Lipinski definition) is 2. The maximum absolute atomic E-state index is 12.3. The molecule has 2 aromatic heterocycles. The number of carbonyl (C=O) groups excluding carboxylic acids is 2. The molecule has 1 aromatic carbocycles. The van der Waals surface area contributed by atoms with Crippen LogP contribution in [-0.4, -0.2) is 25.7 Å². The van der Waals surface area contributed by atoms with Crippen molar-refractivity contribution < 1.29 is 14.0 Å². The van der Waals surface area contributed by atoms with E-state index in [-0.39, 0.29) is 11.8 Å². The van der Waals surface area contributed by atoms with E-state index in [1.54, 1.807) is 36.8 Å². The van der Waals surface area contributed by atoms with Crippen LogP contribution in [0.25, 0.3) is 17.4 Å². The minimum absolute atomic E-state index is 0.164. The third kappa shape index (κ3) is 4.30. The summed E-state index contributed by atoms with van der Waals surface area (Å²) in [4.78, 5) is 28.6. The zero-order valence-electron chi connectivity index (χ0n) is 15.3. The van der Waals surface area contributed by atoms with Crippen molar-refractivity contribution in [2.45, 2.75) is 6.54 Å². The molecule has 7 nitrogen and oxygen atoms in total. The first-order valence-corrected chi connectivity index (χ1v) is 9.90. The van der Waals surface area contributed by atoms with Gasteiger partial charge < -0.3 is 19.6 Å². The van der Waals surface area contributed by atoms with E-state index in [2.05, 4.69) is 15.6 Å². The van der Waals surface area contributed by atoms with E-state index in [4.69, 9.17) is 16.6 Å². The summed E-state index contributed by atoms with van der Waals surface area (Å²) in [6.07, 6.45) is 5.06. The molecule has 2 N–H and O–H groups in total. The quantitative estimate of drug-likeness (QED) is 0.483. The molecule has 1 aliphatic rings. The molecule has 3 heterocycles. The highest BCUT2D eigenvalue weighted by molar-refractivity contribution is 8.26. The zero-order chi connectivity index (χ0) is 20.4. The van der Waals surface area contributed by atoms with Crippen LogP contribution in [0.1, 0.15) is 21.8 Å². The Hall–Kier alpha value is -3.17. The fourth-order valence-electron chi connectivity index (χ4n) is 2.75. The van der Waals surface area contributed by atoms with Crippen LogP contribution >= 0.6 is 24.0 Å². The van der Waals surface area contributed by atoms with Gasteiger partial charge in [-0.3, -0.25) is 9.59 Å². The summed E-state index contributed by atoms with van der Waals surface area (Å²) in [7, 11) is 1.88. The number of hydrogen-bond acceptors (Lipinski definition) is 6. The van der Waals surface area contributed by atoms with Crippen molar-refractivity contribution in [3.05, 3.63) is 70.8 Å². The molecule has 146 valence electrons. The highest BCUT2D eigenvalue weighted by Gasteiger charge is 2.22. The van der Waals surface area contributed by atoms with Gasteiger partial charge in [0.15, 0.2) is 0 Å². The number of amides is 2. The van der Waals surface area contributed by atoms with Gasteiger partial charge in [-0.05, 0) is 24.3 Å². The molecule has 3 aromatic rings. The summed E-state index contributed by atoms with van der Waals surface area (Å²) in [5.74, 6) is 0.812. The fourth-order valence-corrected chi connectivity index (χ4v) is 3.77. The average Bonchev–Trinajstić information content (AvgIpc) is 3.41. The van der Waals surface area contributed by atoms with E-state index in [9.17, 15) is 9.59 Å². The van der Waals surface area contributed by atoms with Gasteiger partial charge >= 0.3 is 0 Å². The first-order chi connectivity index (χ1) is 14.0. The monoisotopic (exact) mass is 424 g/mol. The van der Waals surface area contributed by atoms with Gasteiger partial charge in [0.1, 0.15) is 15.8 Å². The molecule has 1 fully saturated rings. The molecule has 1 saturated heterocycles. The molecule has 1 aliphatic heterocycles. The summed E-state index contributed by atoms with van der Waals surface area (Å²) in [6, 6.07) is 10.7. The van der Waals surface area contributed by atoms with Crippen molar-refractivity contribution in [1.82, 2.24) is 20.2 Å². The molecular weight excluding hydrogens is 408 g/mol. The number of nitrogens with zero attached hydrogens (tertiary/aromatic N) is 2. The van der Waals surface area contributed by atoms with Crippen LogP contribution in [0.2, 0.25) is 0 Å². The Labute approximate surface area is 176 Å². The average molecular weight is 425 g/mol. The molecule has 4 rings (SSSR count). The fraction of sp³-hybridized carbons (Fsp3) is 0.100. The van der Waals surface area contributed by atoms with Crippen molar-refractivity contribution in [2.75, 3.05) is 0 Å². The van der Waals surface area contributed by atoms with Crippen LogP contribution in [0.3, 0.4) is 0 Å². The summed E-state index contributed by atoms with van der Waals surface area (Å²) < 4.78 is 8.09. The van der Waals surface area contributed by atoms with Gasteiger partial charge in [-0.15, -0.1) is 0 Å². The number of thioether (sulfide) groups is 1. The molecule has 0 unspecified atom stereocenters. The van der Waals surface area contributed by atoms with Gasteiger partial charge in [-0.25, -0.2) is 4.98 Å². The van der Waals surface area contributed by atoms with Gasteiger partial charge in [-0.2, -0.15) is 0 Å². The number of nitrogens with one attached hydrogen (secondary N) is 2. The second-order valence-corrected chi connectivity index (χ2v) is 8.03. The lowest BCUT2D eigenvalue weighted by molar-refractivity contribution is -0.115. The number of rotatable bonds is 5. The van der Waals surface area contributed by atoms with Crippen LogP contribution in [0.4, 0.5) is 0 Å². The minimum atomic E-state index is -0.223. The maximum Gasteiger partial charge on any atom is 0.263 e. The van der Waals surface area contributed by atoms with Crippen LogP contribution in [0.15, 0.2) is 58.2 Å². The van der Waals surface area contributed by atoms with E-state index < -0.39 is 0 Å². The molecule has 0 saturated carbocycles. The van der Waals surface area contributed by atoms with E-state index >= 15 is 0 Å². The Morgan fingerprint density at radius 1 is 1.31 bits per heavy atom. The second-order valence-electron chi connectivity index (χ2n) is 6.31. The number of carbonyl (C=O) groups is 2. The Morgan fingerprint density at radius 2 is 2.10 bits per heavy atom. The summed E-state index contributed by atoms with van der Waals surface area (Å²) in [5, 5.41) is 5.44. The number of aryl methyl sites for hydroxylation is 1. The summed E-state index contributed by atoms with van der Waals surface area (Å²) >= 11 is 6.18.